The van der Waals surface area contributed by atoms with Gasteiger partial charge in [-0.3, -0.25) is 4.79 Å². The summed E-state index contributed by atoms with van der Waals surface area (Å²) in [4.78, 5) is 14.3. The highest BCUT2D eigenvalue weighted by Crippen LogP contribution is 2.59. The van der Waals surface area contributed by atoms with E-state index in [1.807, 2.05) is 11.9 Å². The van der Waals surface area contributed by atoms with Crippen LogP contribution in [0.15, 0.2) is 0 Å². The van der Waals surface area contributed by atoms with Crippen molar-refractivity contribution in [1.29, 1.82) is 0 Å². The molecule has 0 aromatic heterocycles. The van der Waals surface area contributed by atoms with E-state index in [9.17, 15) is 4.79 Å². The molecule has 0 aromatic carbocycles. The number of carbonyl (C=O) groups excluding carboxylic acids is 1. The molecule has 2 heterocycles. The van der Waals surface area contributed by atoms with Gasteiger partial charge in [0.05, 0.1) is 6.10 Å². The van der Waals surface area contributed by atoms with Crippen molar-refractivity contribution >= 4 is 18.3 Å². The van der Waals surface area contributed by atoms with E-state index in [4.69, 9.17) is 4.74 Å². The van der Waals surface area contributed by atoms with Gasteiger partial charge in [-0.25, -0.2) is 0 Å². The third kappa shape index (κ3) is 3.06. The second-order valence-electron chi connectivity index (χ2n) is 6.22. The van der Waals surface area contributed by atoms with Crippen molar-refractivity contribution in [2.45, 2.75) is 38.2 Å². The average molecular weight is 289 g/mol. The third-order valence-electron chi connectivity index (χ3n) is 4.96. The first-order valence-electron chi connectivity index (χ1n) is 7.29. The maximum Gasteiger partial charge on any atom is 0.226 e. The number of carbonyl (C=O) groups is 1. The number of nitrogens with one attached hydrogen (secondary N) is 1. The summed E-state index contributed by atoms with van der Waals surface area (Å²) >= 11 is 0. The Morgan fingerprint density at radius 1 is 1.42 bits per heavy atom. The quantitative estimate of drug-likeness (QED) is 0.854. The number of likely N-dealkylation sites (N-methyl/N-ethyl adjacent to an activating group) is 1. The van der Waals surface area contributed by atoms with Gasteiger partial charge in [0.1, 0.15) is 0 Å². The molecule has 2 saturated heterocycles. The topological polar surface area (TPSA) is 41.6 Å². The molecule has 4 nitrogen and oxygen atoms in total. The van der Waals surface area contributed by atoms with Crippen LogP contribution in [0.3, 0.4) is 0 Å². The van der Waals surface area contributed by atoms with Gasteiger partial charge in [-0.2, -0.15) is 0 Å². The number of rotatable bonds is 3. The Bertz CT molecular complexity index is 325. The Morgan fingerprint density at radius 2 is 2.16 bits per heavy atom. The summed E-state index contributed by atoms with van der Waals surface area (Å²) in [5.74, 6) is 0.651. The molecule has 3 rings (SSSR count). The average Bonchev–Trinajstić information content (AvgIpc) is 2.84. The highest BCUT2D eigenvalue weighted by atomic mass is 35.5. The Labute approximate surface area is 121 Å². The molecule has 19 heavy (non-hydrogen) atoms. The van der Waals surface area contributed by atoms with E-state index in [0.717, 1.165) is 45.5 Å². The first-order valence-corrected chi connectivity index (χ1v) is 7.29. The monoisotopic (exact) mass is 288 g/mol. The number of hydrogen-bond donors (Lipinski definition) is 1. The van der Waals surface area contributed by atoms with Crippen LogP contribution in [0.5, 0.6) is 0 Å². The zero-order chi connectivity index (χ0) is 12.6. The Morgan fingerprint density at radius 3 is 2.79 bits per heavy atom. The number of ether oxygens (including phenoxy) is 1. The fourth-order valence-electron chi connectivity index (χ4n) is 3.62. The Balaban J connectivity index is 0.00000133. The van der Waals surface area contributed by atoms with E-state index in [0.29, 0.717) is 17.2 Å². The molecule has 3 aliphatic rings. The lowest BCUT2D eigenvalue weighted by atomic mass is 9.91. The summed E-state index contributed by atoms with van der Waals surface area (Å²) in [7, 11) is 1.94. The second kappa shape index (κ2) is 5.98. The van der Waals surface area contributed by atoms with Crippen LogP contribution in [0.4, 0.5) is 0 Å². The van der Waals surface area contributed by atoms with Crippen molar-refractivity contribution in [1.82, 2.24) is 10.2 Å². The molecule has 1 N–H and O–H groups in total. The number of nitrogens with zero attached hydrogens (tertiary/aromatic N) is 1. The van der Waals surface area contributed by atoms with Gasteiger partial charge in [-0.15, -0.1) is 12.4 Å². The molecule has 0 bridgehead atoms. The van der Waals surface area contributed by atoms with Crippen LogP contribution in [-0.2, 0) is 9.53 Å². The molecule has 1 saturated carbocycles. The first-order chi connectivity index (χ1) is 8.71. The van der Waals surface area contributed by atoms with E-state index >= 15 is 0 Å². The lowest BCUT2D eigenvalue weighted by Crippen LogP contribution is -2.38. The largest absolute Gasteiger partial charge is 0.376 e. The van der Waals surface area contributed by atoms with E-state index in [-0.39, 0.29) is 18.5 Å². The van der Waals surface area contributed by atoms with Gasteiger partial charge in [0.15, 0.2) is 0 Å². The van der Waals surface area contributed by atoms with Crippen LogP contribution >= 0.6 is 12.4 Å². The van der Waals surface area contributed by atoms with Crippen molar-refractivity contribution in [3.63, 3.8) is 0 Å². The highest BCUT2D eigenvalue weighted by molar-refractivity contribution is 5.85. The molecule has 1 aliphatic carbocycles. The van der Waals surface area contributed by atoms with Gasteiger partial charge in [-0.1, -0.05) is 0 Å². The molecule has 2 aliphatic heterocycles. The van der Waals surface area contributed by atoms with Crippen LogP contribution < -0.4 is 5.32 Å². The van der Waals surface area contributed by atoms with Crippen LogP contribution in [0.2, 0.25) is 0 Å². The molecule has 1 amide bonds. The second-order valence-corrected chi connectivity index (χ2v) is 6.22. The number of piperidine rings is 1. The van der Waals surface area contributed by atoms with Gasteiger partial charge >= 0.3 is 0 Å². The minimum Gasteiger partial charge on any atom is -0.376 e. The fourth-order valence-corrected chi connectivity index (χ4v) is 3.62. The summed E-state index contributed by atoms with van der Waals surface area (Å²) in [6.07, 6.45) is 6.00. The smallest absolute Gasteiger partial charge is 0.226 e. The lowest BCUT2D eigenvalue weighted by molar-refractivity contribution is -0.133. The molecule has 1 spiro atoms. The predicted octanol–water partition coefficient (Wildman–Crippen LogP) is 1.44. The maximum absolute atomic E-state index is 12.4. The molecule has 0 aromatic rings. The molecule has 110 valence electrons. The van der Waals surface area contributed by atoms with Gasteiger partial charge in [0.25, 0.3) is 0 Å². The Hall–Kier alpha value is -0.320. The van der Waals surface area contributed by atoms with Crippen molar-refractivity contribution in [2.75, 3.05) is 33.3 Å². The third-order valence-corrected chi connectivity index (χ3v) is 4.96. The van der Waals surface area contributed by atoms with Crippen molar-refractivity contribution in [2.24, 2.45) is 11.3 Å². The summed E-state index contributed by atoms with van der Waals surface area (Å²) in [6, 6.07) is 0. The van der Waals surface area contributed by atoms with Crippen molar-refractivity contribution < 1.29 is 9.53 Å². The van der Waals surface area contributed by atoms with Crippen LogP contribution in [0.1, 0.15) is 32.1 Å². The van der Waals surface area contributed by atoms with E-state index in [1.54, 1.807) is 0 Å². The Kier molecular flexibility index (Phi) is 4.75. The minimum absolute atomic E-state index is 0. The molecule has 2 atom stereocenters. The first kappa shape index (κ1) is 15.1. The standard InChI is InChI=1S/C14H24N2O2.ClH/c1-16(10-11-3-2-8-18-11)13(17)12-9-14(12)4-6-15-7-5-14;/h11-12,15H,2-10H2,1H3;1H. The SMILES string of the molecule is CN(CC1CCCO1)C(=O)C1CC12CCNCC2.Cl. The normalized spacial score (nSPS) is 31.8. The molecule has 5 heteroatoms. The van der Waals surface area contributed by atoms with E-state index < -0.39 is 0 Å². The van der Waals surface area contributed by atoms with Gasteiger partial charge in [0.2, 0.25) is 5.91 Å². The maximum atomic E-state index is 12.4. The predicted molar refractivity (Wildman–Crippen MR) is 76.5 cm³/mol. The van der Waals surface area contributed by atoms with Gasteiger partial charge in [0, 0.05) is 26.1 Å². The van der Waals surface area contributed by atoms with Crippen molar-refractivity contribution in [3.8, 4) is 0 Å². The molecular weight excluding hydrogens is 264 g/mol. The van der Waals surface area contributed by atoms with E-state index in [2.05, 4.69) is 5.32 Å². The molecule has 2 unspecified atom stereocenters. The number of hydrogen-bond acceptors (Lipinski definition) is 3. The summed E-state index contributed by atoms with van der Waals surface area (Å²) in [6.45, 7) is 3.81. The summed E-state index contributed by atoms with van der Waals surface area (Å²) in [5, 5.41) is 3.38. The highest BCUT2D eigenvalue weighted by Gasteiger charge is 2.58. The van der Waals surface area contributed by atoms with Crippen LogP contribution in [0.25, 0.3) is 0 Å². The zero-order valence-corrected chi connectivity index (χ0v) is 12.5. The van der Waals surface area contributed by atoms with Gasteiger partial charge < -0.3 is 15.0 Å². The molecular formula is C14H25ClN2O2. The summed E-state index contributed by atoms with van der Waals surface area (Å²) < 4.78 is 5.61. The fraction of sp³-hybridized carbons (Fsp3) is 0.929. The van der Waals surface area contributed by atoms with Crippen molar-refractivity contribution in [3.05, 3.63) is 0 Å². The molecule has 3 fully saturated rings. The van der Waals surface area contributed by atoms with Crippen LogP contribution in [-0.4, -0.2) is 50.2 Å². The summed E-state index contributed by atoms with van der Waals surface area (Å²) in [5.41, 5.74) is 0.354. The minimum atomic E-state index is 0. The number of halogens is 1. The number of amides is 1. The molecule has 0 radical (unpaired) electrons. The van der Waals surface area contributed by atoms with Crippen LogP contribution in [0, 0.1) is 11.3 Å². The lowest BCUT2D eigenvalue weighted by Gasteiger charge is -2.26. The van der Waals surface area contributed by atoms with E-state index in [1.165, 1.54) is 12.8 Å². The zero-order valence-electron chi connectivity index (χ0n) is 11.7. The van der Waals surface area contributed by atoms with Gasteiger partial charge in [-0.05, 0) is 50.6 Å².